The molecule has 0 saturated heterocycles. The first-order valence-electron chi connectivity index (χ1n) is 13.0. The van der Waals surface area contributed by atoms with Crippen LogP contribution in [0.1, 0.15) is 113 Å². The Balaban J connectivity index is 0.000000340. The molecule has 0 heterocycles. The molecule has 0 fully saturated rings. The standard InChI is InChI=1S/C15H26O2.C15H24O2/c1-11-12(8-7-9-15(11,5)6)10-17-13(16)14(2,3)4;1-4-5-6-7-8-15(2,3)12-9-13(16)11-14(17)10-12/h8,11H,7,9-10H2,1-6H3;9-11,16-17H,4-8H2,1-3H3/t11-;/m1./s1. The van der Waals surface area contributed by atoms with E-state index in [4.69, 9.17) is 4.74 Å². The monoisotopic (exact) mass is 474 g/mol. The van der Waals surface area contributed by atoms with Crippen molar-refractivity contribution in [3.8, 4) is 11.5 Å². The molecule has 0 unspecified atom stereocenters. The third kappa shape index (κ3) is 9.72. The molecule has 2 N–H and O–H groups in total. The van der Waals surface area contributed by atoms with Gasteiger partial charge < -0.3 is 14.9 Å². The summed E-state index contributed by atoms with van der Waals surface area (Å²) < 4.78 is 5.40. The van der Waals surface area contributed by atoms with Crippen LogP contribution >= 0.6 is 0 Å². The van der Waals surface area contributed by atoms with Gasteiger partial charge in [-0.15, -0.1) is 0 Å². The third-order valence-corrected chi connectivity index (χ3v) is 7.25. The summed E-state index contributed by atoms with van der Waals surface area (Å²) in [5.41, 5.74) is 2.20. The molecular formula is C30H50O4. The largest absolute Gasteiger partial charge is 0.508 e. The fourth-order valence-corrected chi connectivity index (χ4v) is 4.20. The molecule has 1 aromatic carbocycles. The summed E-state index contributed by atoms with van der Waals surface area (Å²) in [7, 11) is 0. The van der Waals surface area contributed by atoms with E-state index in [0.717, 1.165) is 18.4 Å². The highest BCUT2D eigenvalue weighted by Crippen LogP contribution is 2.40. The van der Waals surface area contributed by atoms with E-state index in [9.17, 15) is 15.0 Å². The summed E-state index contributed by atoms with van der Waals surface area (Å²) in [5.74, 6) is 0.654. The molecule has 0 amide bonds. The number of phenols is 2. The smallest absolute Gasteiger partial charge is 0.311 e. The molecular weight excluding hydrogens is 424 g/mol. The second kappa shape index (κ2) is 12.7. The van der Waals surface area contributed by atoms with Crippen molar-refractivity contribution in [1.29, 1.82) is 0 Å². The molecule has 0 radical (unpaired) electrons. The van der Waals surface area contributed by atoms with Crippen LogP contribution in [0.4, 0.5) is 0 Å². The van der Waals surface area contributed by atoms with Crippen molar-refractivity contribution in [3.05, 3.63) is 35.4 Å². The lowest BCUT2D eigenvalue weighted by molar-refractivity contribution is -0.152. The van der Waals surface area contributed by atoms with Crippen LogP contribution in [-0.2, 0) is 14.9 Å². The third-order valence-electron chi connectivity index (χ3n) is 7.25. The number of carbonyl (C=O) groups excluding carboxylic acids is 1. The number of carbonyl (C=O) groups is 1. The van der Waals surface area contributed by atoms with Crippen LogP contribution in [-0.4, -0.2) is 22.8 Å². The second-order valence-electron chi connectivity index (χ2n) is 12.3. The molecule has 1 atom stereocenters. The van der Waals surface area contributed by atoms with E-state index >= 15 is 0 Å². The van der Waals surface area contributed by atoms with Gasteiger partial charge in [-0.1, -0.05) is 73.3 Å². The first kappa shape index (κ1) is 30.1. The van der Waals surface area contributed by atoms with E-state index in [-0.39, 0.29) is 22.9 Å². The van der Waals surface area contributed by atoms with Gasteiger partial charge in [0.2, 0.25) is 0 Å². The average molecular weight is 475 g/mol. The predicted octanol–water partition coefficient (Wildman–Crippen LogP) is 8.30. The molecule has 0 aliphatic heterocycles. The average Bonchev–Trinajstić information content (AvgIpc) is 2.71. The molecule has 4 heteroatoms. The molecule has 1 aliphatic rings. The van der Waals surface area contributed by atoms with Crippen LogP contribution in [0.3, 0.4) is 0 Å². The Hall–Kier alpha value is -1.97. The first-order chi connectivity index (χ1) is 15.6. The van der Waals surface area contributed by atoms with Crippen molar-refractivity contribution in [2.24, 2.45) is 16.7 Å². The number of hydrogen-bond acceptors (Lipinski definition) is 4. The Morgan fingerprint density at radius 2 is 1.62 bits per heavy atom. The lowest BCUT2D eigenvalue weighted by Gasteiger charge is -2.37. The number of hydrogen-bond donors (Lipinski definition) is 2. The Kier molecular flexibility index (Phi) is 11.2. The zero-order valence-electron chi connectivity index (χ0n) is 23.3. The zero-order chi connectivity index (χ0) is 26.2. The lowest BCUT2D eigenvalue weighted by Crippen LogP contribution is -2.30. The molecule has 0 saturated carbocycles. The SMILES string of the molecule is CCCCCCC(C)(C)c1cc(O)cc(O)c1.C[C@@H]1C(COC(=O)C(C)(C)C)=CCCC1(C)C. The highest BCUT2D eigenvalue weighted by molar-refractivity contribution is 5.75. The quantitative estimate of drug-likeness (QED) is 0.226. The number of unbranched alkanes of at least 4 members (excludes halogenated alkanes) is 3. The van der Waals surface area contributed by atoms with E-state index in [1.165, 1.54) is 43.7 Å². The van der Waals surface area contributed by atoms with Gasteiger partial charge in [0.1, 0.15) is 18.1 Å². The van der Waals surface area contributed by atoms with Crippen LogP contribution in [0.5, 0.6) is 11.5 Å². The molecule has 1 aliphatic carbocycles. The molecule has 0 aromatic heterocycles. The molecule has 34 heavy (non-hydrogen) atoms. The Labute approximate surface area is 208 Å². The fraction of sp³-hybridized carbons (Fsp3) is 0.700. The zero-order valence-corrected chi connectivity index (χ0v) is 23.3. The van der Waals surface area contributed by atoms with Crippen LogP contribution in [0, 0.1) is 16.7 Å². The highest BCUT2D eigenvalue weighted by atomic mass is 16.5. The van der Waals surface area contributed by atoms with Gasteiger partial charge in [0.25, 0.3) is 0 Å². The van der Waals surface area contributed by atoms with Crippen molar-refractivity contribution in [2.45, 2.75) is 113 Å². The predicted molar refractivity (Wildman–Crippen MR) is 142 cm³/mol. The van der Waals surface area contributed by atoms with Gasteiger partial charge in [-0.05, 0) is 80.1 Å². The maximum atomic E-state index is 11.7. The summed E-state index contributed by atoms with van der Waals surface area (Å²) in [4.78, 5) is 11.7. The van der Waals surface area contributed by atoms with Crippen LogP contribution < -0.4 is 0 Å². The minimum absolute atomic E-state index is 0.00393. The maximum Gasteiger partial charge on any atom is 0.311 e. The molecule has 0 bridgehead atoms. The van der Waals surface area contributed by atoms with Crippen molar-refractivity contribution in [1.82, 2.24) is 0 Å². The van der Waals surface area contributed by atoms with Gasteiger partial charge in [0.05, 0.1) is 5.41 Å². The maximum absolute atomic E-state index is 11.7. The summed E-state index contributed by atoms with van der Waals surface area (Å²) in [6.07, 6.45) is 10.6. The first-order valence-corrected chi connectivity index (χ1v) is 13.0. The van der Waals surface area contributed by atoms with Crippen molar-refractivity contribution in [3.63, 3.8) is 0 Å². The highest BCUT2D eigenvalue weighted by Gasteiger charge is 2.32. The van der Waals surface area contributed by atoms with E-state index in [0.29, 0.717) is 17.9 Å². The number of allylic oxidation sites excluding steroid dienone is 1. The molecule has 4 nitrogen and oxygen atoms in total. The minimum Gasteiger partial charge on any atom is -0.508 e. The molecule has 0 spiro atoms. The number of benzene rings is 1. The van der Waals surface area contributed by atoms with E-state index in [1.54, 1.807) is 12.1 Å². The Bertz CT molecular complexity index is 791. The van der Waals surface area contributed by atoms with Crippen molar-refractivity contribution < 1.29 is 19.7 Å². The molecule has 2 rings (SSSR count). The van der Waals surface area contributed by atoms with Crippen LogP contribution in [0.25, 0.3) is 0 Å². The van der Waals surface area contributed by atoms with E-state index in [1.807, 2.05) is 20.8 Å². The van der Waals surface area contributed by atoms with E-state index < -0.39 is 5.41 Å². The van der Waals surface area contributed by atoms with Crippen molar-refractivity contribution >= 4 is 5.97 Å². The summed E-state index contributed by atoms with van der Waals surface area (Å²) in [6.45, 7) is 19.5. The normalized spacial score (nSPS) is 17.9. The second-order valence-corrected chi connectivity index (χ2v) is 12.3. The van der Waals surface area contributed by atoms with Crippen LogP contribution in [0.15, 0.2) is 29.8 Å². The number of rotatable bonds is 8. The van der Waals surface area contributed by atoms with Gasteiger partial charge in [-0.2, -0.15) is 0 Å². The number of esters is 1. The van der Waals surface area contributed by atoms with E-state index in [2.05, 4.69) is 47.6 Å². The van der Waals surface area contributed by atoms with Crippen molar-refractivity contribution in [2.75, 3.05) is 6.61 Å². The number of phenolic OH excluding ortho intramolecular Hbond substituents is 2. The Morgan fingerprint density at radius 1 is 1.03 bits per heavy atom. The lowest BCUT2D eigenvalue weighted by atomic mass is 9.69. The van der Waals surface area contributed by atoms with Crippen LogP contribution in [0.2, 0.25) is 0 Å². The van der Waals surface area contributed by atoms with Gasteiger partial charge in [-0.3, -0.25) is 4.79 Å². The van der Waals surface area contributed by atoms with Gasteiger partial charge in [0.15, 0.2) is 0 Å². The van der Waals surface area contributed by atoms with Gasteiger partial charge in [0, 0.05) is 6.07 Å². The topological polar surface area (TPSA) is 66.8 Å². The number of aromatic hydroxyl groups is 2. The molecule has 194 valence electrons. The Morgan fingerprint density at radius 3 is 2.15 bits per heavy atom. The summed E-state index contributed by atoms with van der Waals surface area (Å²) in [5, 5.41) is 19.0. The summed E-state index contributed by atoms with van der Waals surface area (Å²) in [6, 6.07) is 4.87. The minimum atomic E-state index is -0.409. The molecule has 1 aromatic rings. The summed E-state index contributed by atoms with van der Waals surface area (Å²) >= 11 is 0. The van der Waals surface area contributed by atoms with Gasteiger partial charge in [-0.25, -0.2) is 0 Å². The fourth-order valence-electron chi connectivity index (χ4n) is 4.20. The number of ether oxygens (including phenoxy) is 1. The van der Waals surface area contributed by atoms with Gasteiger partial charge >= 0.3 is 5.97 Å².